The number of hydrogen-bond acceptors (Lipinski definition) is 4. The third kappa shape index (κ3) is 2.83. The normalized spacial score (nSPS) is 17.3. The molecule has 1 aliphatic heterocycles. The van der Waals surface area contributed by atoms with Crippen LogP contribution in [0.2, 0.25) is 0 Å². The molecule has 0 bridgehead atoms. The van der Waals surface area contributed by atoms with Crippen LogP contribution in [0.5, 0.6) is 0 Å². The van der Waals surface area contributed by atoms with Crippen LogP contribution in [-0.2, 0) is 11.2 Å². The van der Waals surface area contributed by atoms with E-state index in [1.54, 1.807) is 11.3 Å². The standard InChI is InChI=1S/C12H17NO2S/c1-15-12(14)11-3-2-10(16-11)8-9-4-6-13-7-5-9/h2-3,9,13H,4-8H2,1H3. The van der Waals surface area contributed by atoms with Crippen LogP contribution in [0.4, 0.5) is 0 Å². The van der Waals surface area contributed by atoms with Gasteiger partial charge in [0.25, 0.3) is 0 Å². The van der Waals surface area contributed by atoms with Gasteiger partial charge in [-0.15, -0.1) is 11.3 Å². The molecule has 0 radical (unpaired) electrons. The zero-order chi connectivity index (χ0) is 11.4. The van der Waals surface area contributed by atoms with Gasteiger partial charge in [0.05, 0.1) is 7.11 Å². The largest absolute Gasteiger partial charge is 0.465 e. The predicted octanol–water partition coefficient (Wildman–Crippen LogP) is 2.08. The van der Waals surface area contributed by atoms with Gasteiger partial charge in [0.15, 0.2) is 0 Å². The fraction of sp³-hybridized carbons (Fsp3) is 0.583. The number of rotatable bonds is 3. The molecule has 0 amide bonds. The first-order valence-electron chi connectivity index (χ1n) is 5.67. The van der Waals surface area contributed by atoms with Gasteiger partial charge < -0.3 is 10.1 Å². The predicted molar refractivity (Wildman–Crippen MR) is 65.0 cm³/mol. The van der Waals surface area contributed by atoms with Crippen LogP contribution in [0.25, 0.3) is 0 Å². The van der Waals surface area contributed by atoms with Crippen LogP contribution in [0.3, 0.4) is 0 Å². The number of methoxy groups -OCH3 is 1. The fourth-order valence-electron chi connectivity index (χ4n) is 2.07. The van der Waals surface area contributed by atoms with E-state index in [-0.39, 0.29) is 5.97 Å². The second-order valence-corrected chi connectivity index (χ2v) is 5.32. The highest BCUT2D eigenvalue weighted by Gasteiger charge is 2.16. The van der Waals surface area contributed by atoms with E-state index >= 15 is 0 Å². The summed E-state index contributed by atoms with van der Waals surface area (Å²) in [5, 5.41) is 3.36. The Balaban J connectivity index is 1.94. The molecule has 4 heteroatoms. The maximum absolute atomic E-state index is 11.3. The lowest BCUT2D eigenvalue weighted by atomic mass is 9.94. The number of nitrogens with one attached hydrogen (secondary N) is 1. The fourth-order valence-corrected chi connectivity index (χ4v) is 3.11. The lowest BCUT2D eigenvalue weighted by Crippen LogP contribution is -2.28. The lowest BCUT2D eigenvalue weighted by molar-refractivity contribution is 0.0606. The Hall–Kier alpha value is -0.870. The number of hydrogen-bond donors (Lipinski definition) is 1. The summed E-state index contributed by atoms with van der Waals surface area (Å²) in [6, 6.07) is 3.92. The van der Waals surface area contributed by atoms with E-state index in [0.717, 1.165) is 25.4 Å². The zero-order valence-electron chi connectivity index (χ0n) is 9.49. The van der Waals surface area contributed by atoms with Crippen LogP contribution in [0, 0.1) is 5.92 Å². The summed E-state index contributed by atoms with van der Waals surface area (Å²) in [4.78, 5) is 13.3. The average Bonchev–Trinajstić information content (AvgIpc) is 2.78. The quantitative estimate of drug-likeness (QED) is 0.821. The number of thiophene rings is 1. The van der Waals surface area contributed by atoms with Crippen molar-refractivity contribution in [3.05, 3.63) is 21.9 Å². The highest BCUT2D eigenvalue weighted by molar-refractivity contribution is 7.13. The highest BCUT2D eigenvalue weighted by Crippen LogP contribution is 2.24. The summed E-state index contributed by atoms with van der Waals surface area (Å²) < 4.78 is 4.70. The van der Waals surface area contributed by atoms with Crippen molar-refractivity contribution >= 4 is 17.3 Å². The number of ether oxygens (including phenoxy) is 1. The number of piperidine rings is 1. The van der Waals surface area contributed by atoms with Crippen molar-refractivity contribution in [1.29, 1.82) is 0 Å². The summed E-state index contributed by atoms with van der Waals surface area (Å²) in [5.74, 6) is 0.548. The van der Waals surface area contributed by atoms with Crippen LogP contribution in [0.1, 0.15) is 27.4 Å². The molecule has 1 aromatic heterocycles. The molecule has 0 atom stereocenters. The second-order valence-electron chi connectivity index (χ2n) is 4.16. The Morgan fingerprint density at radius 2 is 2.25 bits per heavy atom. The molecule has 16 heavy (non-hydrogen) atoms. The highest BCUT2D eigenvalue weighted by atomic mass is 32.1. The molecule has 0 spiro atoms. The monoisotopic (exact) mass is 239 g/mol. The summed E-state index contributed by atoms with van der Waals surface area (Å²) in [6.07, 6.45) is 3.58. The van der Waals surface area contributed by atoms with Crippen molar-refractivity contribution in [3.8, 4) is 0 Å². The van der Waals surface area contributed by atoms with Crippen LogP contribution in [-0.4, -0.2) is 26.2 Å². The molecular weight excluding hydrogens is 222 g/mol. The summed E-state index contributed by atoms with van der Waals surface area (Å²) in [6.45, 7) is 2.25. The molecule has 1 fully saturated rings. The van der Waals surface area contributed by atoms with E-state index in [1.807, 2.05) is 6.07 Å². The van der Waals surface area contributed by atoms with Gasteiger partial charge in [0, 0.05) is 4.88 Å². The van der Waals surface area contributed by atoms with Gasteiger partial charge in [-0.1, -0.05) is 0 Å². The molecule has 2 heterocycles. The third-order valence-electron chi connectivity index (χ3n) is 3.00. The third-order valence-corrected chi connectivity index (χ3v) is 4.08. The van der Waals surface area contributed by atoms with Crippen molar-refractivity contribution in [2.45, 2.75) is 19.3 Å². The van der Waals surface area contributed by atoms with E-state index in [2.05, 4.69) is 11.4 Å². The molecule has 0 aliphatic carbocycles. The maximum Gasteiger partial charge on any atom is 0.348 e. The molecule has 0 saturated carbocycles. The van der Waals surface area contributed by atoms with Crippen LogP contribution >= 0.6 is 11.3 Å². The van der Waals surface area contributed by atoms with E-state index in [9.17, 15) is 4.79 Å². The molecule has 1 aromatic rings. The van der Waals surface area contributed by atoms with Crippen molar-refractivity contribution in [2.24, 2.45) is 5.92 Å². The van der Waals surface area contributed by atoms with Gasteiger partial charge in [-0.25, -0.2) is 4.79 Å². The molecule has 3 nitrogen and oxygen atoms in total. The smallest absolute Gasteiger partial charge is 0.348 e. The number of esters is 1. The first-order valence-corrected chi connectivity index (χ1v) is 6.49. The molecular formula is C12H17NO2S. The first kappa shape index (κ1) is 11.6. The summed E-state index contributed by atoms with van der Waals surface area (Å²) in [5.41, 5.74) is 0. The molecule has 88 valence electrons. The SMILES string of the molecule is COC(=O)c1ccc(CC2CCNCC2)s1. The van der Waals surface area contributed by atoms with Gasteiger partial charge in [-0.3, -0.25) is 0 Å². The lowest BCUT2D eigenvalue weighted by Gasteiger charge is -2.21. The Labute approximate surface area is 99.8 Å². The Morgan fingerprint density at radius 1 is 1.50 bits per heavy atom. The molecule has 2 rings (SSSR count). The molecule has 0 aromatic carbocycles. The van der Waals surface area contributed by atoms with Crippen molar-refractivity contribution in [2.75, 3.05) is 20.2 Å². The Kier molecular flexibility index (Phi) is 3.96. The van der Waals surface area contributed by atoms with Gasteiger partial charge in [0.2, 0.25) is 0 Å². The van der Waals surface area contributed by atoms with Crippen LogP contribution in [0.15, 0.2) is 12.1 Å². The zero-order valence-corrected chi connectivity index (χ0v) is 10.3. The maximum atomic E-state index is 11.3. The van der Waals surface area contributed by atoms with Gasteiger partial charge >= 0.3 is 5.97 Å². The van der Waals surface area contributed by atoms with E-state index in [0.29, 0.717) is 4.88 Å². The molecule has 1 aliphatic rings. The van der Waals surface area contributed by atoms with E-state index < -0.39 is 0 Å². The Bertz CT molecular complexity index is 356. The topological polar surface area (TPSA) is 38.3 Å². The molecule has 1 N–H and O–H groups in total. The first-order chi connectivity index (χ1) is 7.79. The second kappa shape index (κ2) is 5.46. The number of carbonyl (C=O) groups excluding carboxylic acids is 1. The van der Waals surface area contributed by atoms with Gasteiger partial charge in [-0.2, -0.15) is 0 Å². The van der Waals surface area contributed by atoms with Crippen molar-refractivity contribution in [3.63, 3.8) is 0 Å². The minimum absolute atomic E-state index is 0.221. The Morgan fingerprint density at radius 3 is 2.94 bits per heavy atom. The van der Waals surface area contributed by atoms with E-state index in [4.69, 9.17) is 4.74 Å². The number of carbonyl (C=O) groups is 1. The minimum atomic E-state index is -0.221. The summed E-state index contributed by atoms with van der Waals surface area (Å²) in [7, 11) is 1.43. The van der Waals surface area contributed by atoms with Crippen molar-refractivity contribution < 1.29 is 9.53 Å². The van der Waals surface area contributed by atoms with Crippen LogP contribution < -0.4 is 5.32 Å². The minimum Gasteiger partial charge on any atom is -0.465 e. The average molecular weight is 239 g/mol. The van der Waals surface area contributed by atoms with Crippen molar-refractivity contribution in [1.82, 2.24) is 5.32 Å². The molecule has 1 saturated heterocycles. The van der Waals surface area contributed by atoms with E-state index in [1.165, 1.54) is 24.8 Å². The van der Waals surface area contributed by atoms with Gasteiger partial charge in [-0.05, 0) is 50.4 Å². The van der Waals surface area contributed by atoms with Gasteiger partial charge in [0.1, 0.15) is 4.88 Å². The molecule has 0 unspecified atom stereocenters. The summed E-state index contributed by atoms with van der Waals surface area (Å²) >= 11 is 1.56.